The van der Waals surface area contributed by atoms with Gasteiger partial charge in [0.15, 0.2) is 0 Å². The van der Waals surface area contributed by atoms with Gasteiger partial charge >= 0.3 is 0 Å². The molecular weight excluding hydrogens is 318 g/mol. The molecule has 0 bridgehead atoms. The molecule has 2 aliphatic rings. The Balaban J connectivity index is 1.57. The first-order valence-electron chi connectivity index (χ1n) is 9.99. The number of pyridine rings is 1. The van der Waals surface area contributed by atoms with E-state index in [1.54, 1.807) is 5.69 Å². The summed E-state index contributed by atoms with van der Waals surface area (Å²) < 4.78 is 2.58. The predicted molar refractivity (Wildman–Crippen MR) is 107 cm³/mol. The number of aryl methyl sites for hydroxylation is 4. The lowest BCUT2D eigenvalue weighted by atomic mass is 9.98. The fourth-order valence-electron chi connectivity index (χ4n) is 4.93. The molecule has 0 N–H and O–H groups in total. The van der Waals surface area contributed by atoms with Crippen molar-refractivity contribution in [3.63, 3.8) is 0 Å². The van der Waals surface area contributed by atoms with E-state index in [0.717, 1.165) is 25.1 Å². The van der Waals surface area contributed by atoms with Gasteiger partial charge in [-0.3, -0.25) is 9.88 Å². The van der Waals surface area contributed by atoms with Crippen LogP contribution in [0.4, 0.5) is 0 Å². The molecule has 1 aromatic carbocycles. The highest BCUT2D eigenvalue weighted by atomic mass is 15.2. The van der Waals surface area contributed by atoms with Gasteiger partial charge in [0, 0.05) is 42.5 Å². The van der Waals surface area contributed by atoms with E-state index in [9.17, 15) is 0 Å². The Morgan fingerprint density at radius 3 is 2.73 bits per heavy atom. The van der Waals surface area contributed by atoms with Gasteiger partial charge in [0.2, 0.25) is 0 Å². The first-order valence-corrected chi connectivity index (χ1v) is 9.99. The van der Waals surface area contributed by atoms with Crippen LogP contribution in [0.25, 0.3) is 11.0 Å². The van der Waals surface area contributed by atoms with Crippen molar-refractivity contribution in [2.24, 2.45) is 0 Å². The maximum absolute atomic E-state index is 4.99. The number of benzene rings is 1. The quantitative estimate of drug-likeness (QED) is 0.692. The summed E-state index contributed by atoms with van der Waals surface area (Å²) in [6, 6.07) is 14.0. The smallest absolute Gasteiger partial charge is 0.0934 e. The van der Waals surface area contributed by atoms with Gasteiger partial charge in [0.05, 0.1) is 11.0 Å². The van der Waals surface area contributed by atoms with E-state index in [-0.39, 0.29) is 0 Å². The summed E-state index contributed by atoms with van der Waals surface area (Å²) >= 11 is 0. The zero-order valence-corrected chi connectivity index (χ0v) is 15.8. The molecule has 1 saturated heterocycles. The molecule has 1 atom stereocenters. The molecule has 0 saturated carbocycles. The zero-order chi connectivity index (χ0) is 17.7. The van der Waals surface area contributed by atoms with Crippen molar-refractivity contribution in [2.75, 3.05) is 13.1 Å². The molecule has 5 rings (SSSR count). The van der Waals surface area contributed by atoms with Crippen molar-refractivity contribution in [3.8, 4) is 0 Å². The van der Waals surface area contributed by atoms with Crippen molar-refractivity contribution in [2.45, 2.75) is 52.1 Å². The van der Waals surface area contributed by atoms with Gasteiger partial charge in [-0.1, -0.05) is 29.8 Å². The molecule has 0 radical (unpaired) electrons. The van der Waals surface area contributed by atoms with Crippen molar-refractivity contribution in [1.29, 1.82) is 0 Å². The minimum absolute atomic E-state index is 0.594. The molecule has 2 aliphatic heterocycles. The summed E-state index contributed by atoms with van der Waals surface area (Å²) in [5.74, 6) is 0. The minimum Gasteiger partial charge on any atom is -0.343 e. The Morgan fingerprint density at radius 1 is 1.04 bits per heavy atom. The lowest BCUT2D eigenvalue weighted by molar-refractivity contribution is 0.241. The topological polar surface area (TPSA) is 21.1 Å². The first-order chi connectivity index (χ1) is 12.7. The van der Waals surface area contributed by atoms with Crippen LogP contribution in [0, 0.1) is 13.8 Å². The molecule has 1 fully saturated rings. The SMILES string of the molecule is Cc1ccc(CCn2c3c(c4nc(C)ccc42)C2CCCN2CC3)cc1. The van der Waals surface area contributed by atoms with Gasteiger partial charge in [-0.25, -0.2) is 0 Å². The molecule has 0 spiro atoms. The third kappa shape index (κ3) is 2.57. The number of hydrogen-bond donors (Lipinski definition) is 0. The number of rotatable bonds is 3. The highest BCUT2D eigenvalue weighted by Crippen LogP contribution is 2.42. The fourth-order valence-corrected chi connectivity index (χ4v) is 4.93. The lowest BCUT2D eigenvalue weighted by Gasteiger charge is -2.30. The van der Waals surface area contributed by atoms with Gasteiger partial charge in [-0.2, -0.15) is 0 Å². The molecule has 3 nitrogen and oxygen atoms in total. The monoisotopic (exact) mass is 345 g/mol. The first kappa shape index (κ1) is 16.1. The van der Waals surface area contributed by atoms with Gasteiger partial charge in [0.1, 0.15) is 0 Å². The van der Waals surface area contributed by atoms with Crippen LogP contribution in [0.5, 0.6) is 0 Å². The zero-order valence-electron chi connectivity index (χ0n) is 15.8. The van der Waals surface area contributed by atoms with Gasteiger partial charge in [-0.05, 0) is 57.4 Å². The standard InChI is InChI=1S/C23H27N3/c1-16-5-8-18(9-6-16)11-15-26-20-12-14-25-13-3-4-19(25)22(20)23-21(26)10-7-17(2)24-23/h5-10,19H,3-4,11-15H2,1-2H3. The molecule has 134 valence electrons. The third-order valence-corrected chi connectivity index (χ3v) is 6.27. The second-order valence-electron chi connectivity index (χ2n) is 8.01. The fraction of sp³-hybridized carbons (Fsp3) is 0.435. The summed E-state index contributed by atoms with van der Waals surface area (Å²) in [5, 5.41) is 0. The third-order valence-electron chi connectivity index (χ3n) is 6.27. The Kier molecular flexibility index (Phi) is 3.86. The highest BCUT2D eigenvalue weighted by Gasteiger charge is 2.35. The Morgan fingerprint density at radius 2 is 1.88 bits per heavy atom. The molecule has 0 amide bonds. The van der Waals surface area contributed by atoms with Crippen LogP contribution in [0.2, 0.25) is 0 Å². The molecule has 3 aromatic rings. The Hall–Kier alpha value is -2.13. The van der Waals surface area contributed by atoms with Crippen molar-refractivity contribution >= 4 is 11.0 Å². The number of aromatic nitrogens is 2. The minimum atomic E-state index is 0.594. The average Bonchev–Trinajstić information content (AvgIpc) is 3.23. The molecule has 26 heavy (non-hydrogen) atoms. The molecular formula is C23H27N3. The van der Waals surface area contributed by atoms with Crippen molar-refractivity contribution in [3.05, 3.63) is 64.5 Å². The van der Waals surface area contributed by atoms with E-state index < -0.39 is 0 Å². The Bertz CT molecular complexity index is 952. The van der Waals surface area contributed by atoms with Crippen LogP contribution in [-0.2, 0) is 19.4 Å². The summed E-state index contributed by atoms with van der Waals surface area (Å²) in [6.45, 7) is 7.78. The molecule has 1 unspecified atom stereocenters. The van der Waals surface area contributed by atoms with E-state index in [0.29, 0.717) is 6.04 Å². The summed E-state index contributed by atoms with van der Waals surface area (Å²) in [5.41, 5.74) is 9.57. The van der Waals surface area contributed by atoms with Gasteiger partial charge < -0.3 is 4.57 Å². The van der Waals surface area contributed by atoms with Crippen LogP contribution < -0.4 is 0 Å². The summed E-state index contributed by atoms with van der Waals surface area (Å²) in [7, 11) is 0. The van der Waals surface area contributed by atoms with E-state index in [1.807, 2.05) is 0 Å². The summed E-state index contributed by atoms with van der Waals surface area (Å²) in [4.78, 5) is 7.67. The second kappa shape index (κ2) is 6.24. The average molecular weight is 345 g/mol. The number of fused-ring (bicyclic) bond motifs is 5. The molecule has 4 heterocycles. The van der Waals surface area contributed by atoms with Gasteiger partial charge in [-0.15, -0.1) is 0 Å². The number of nitrogens with zero attached hydrogens (tertiary/aromatic N) is 3. The number of hydrogen-bond acceptors (Lipinski definition) is 2. The molecule has 0 aliphatic carbocycles. The maximum Gasteiger partial charge on any atom is 0.0934 e. The normalized spacial score (nSPS) is 19.7. The van der Waals surface area contributed by atoms with E-state index in [2.05, 4.69) is 59.7 Å². The van der Waals surface area contributed by atoms with Crippen LogP contribution in [-0.4, -0.2) is 27.5 Å². The van der Waals surface area contributed by atoms with Crippen molar-refractivity contribution in [1.82, 2.24) is 14.5 Å². The molecule has 2 aromatic heterocycles. The van der Waals surface area contributed by atoms with Crippen LogP contribution in [0.15, 0.2) is 36.4 Å². The Labute approximate surface area is 155 Å². The van der Waals surface area contributed by atoms with E-state index in [4.69, 9.17) is 4.98 Å². The predicted octanol–water partition coefficient (Wildman–Crippen LogP) is 4.59. The maximum atomic E-state index is 4.99. The van der Waals surface area contributed by atoms with E-state index >= 15 is 0 Å². The van der Waals surface area contributed by atoms with Crippen LogP contribution in [0.1, 0.15) is 47.0 Å². The summed E-state index contributed by atoms with van der Waals surface area (Å²) in [6.07, 6.45) is 4.86. The van der Waals surface area contributed by atoms with Crippen LogP contribution in [0.3, 0.4) is 0 Å². The van der Waals surface area contributed by atoms with Gasteiger partial charge in [0.25, 0.3) is 0 Å². The van der Waals surface area contributed by atoms with Crippen molar-refractivity contribution < 1.29 is 0 Å². The highest BCUT2D eigenvalue weighted by molar-refractivity contribution is 5.83. The lowest BCUT2D eigenvalue weighted by Crippen LogP contribution is -2.31. The van der Waals surface area contributed by atoms with Crippen LogP contribution >= 0.6 is 0 Å². The second-order valence-corrected chi connectivity index (χ2v) is 8.01. The van der Waals surface area contributed by atoms with E-state index in [1.165, 1.54) is 53.7 Å². The molecule has 3 heteroatoms. The largest absolute Gasteiger partial charge is 0.343 e.